The van der Waals surface area contributed by atoms with Gasteiger partial charge in [-0.1, -0.05) is 0 Å². The van der Waals surface area contributed by atoms with Crippen molar-refractivity contribution in [3.8, 4) is 0 Å². The third-order valence-corrected chi connectivity index (χ3v) is 2.22. The quantitative estimate of drug-likeness (QED) is 0.801. The number of anilines is 1. The molecule has 0 saturated heterocycles. The number of halogens is 3. The molecule has 7 heteroatoms. The van der Waals surface area contributed by atoms with Gasteiger partial charge < -0.3 is 10.8 Å². The van der Waals surface area contributed by atoms with Gasteiger partial charge in [0.2, 0.25) is 0 Å². The first-order valence-corrected chi connectivity index (χ1v) is 4.83. The molecule has 0 bridgehead atoms. The van der Waals surface area contributed by atoms with Crippen LogP contribution in [0.25, 0.3) is 0 Å². The third-order valence-electron chi connectivity index (χ3n) is 1.95. The molecule has 0 spiro atoms. The van der Waals surface area contributed by atoms with Crippen LogP contribution in [0.3, 0.4) is 0 Å². The minimum Gasteiger partial charge on any atom is -0.481 e. The Hall–Kier alpha value is -1.43. The normalized spacial score (nSPS) is 10.8. The molecule has 1 heterocycles. The molecule has 0 fully saturated rings. The minimum absolute atomic E-state index is 0.0354. The zero-order valence-corrected chi connectivity index (χ0v) is 8.84. The van der Waals surface area contributed by atoms with Crippen molar-refractivity contribution < 1.29 is 18.7 Å². The van der Waals surface area contributed by atoms with Crippen LogP contribution in [0.1, 0.15) is 23.2 Å². The molecule has 0 aliphatic heterocycles. The molecule has 0 aliphatic carbocycles. The number of aliphatic carboxylic acids is 1. The van der Waals surface area contributed by atoms with Gasteiger partial charge >= 0.3 is 5.97 Å². The van der Waals surface area contributed by atoms with Crippen molar-refractivity contribution in [2.45, 2.75) is 18.7 Å². The molecule has 0 radical (unpaired) electrons. The van der Waals surface area contributed by atoms with Crippen LogP contribution in [0.4, 0.5) is 14.6 Å². The van der Waals surface area contributed by atoms with E-state index >= 15 is 0 Å². The number of alkyl halides is 3. The van der Waals surface area contributed by atoms with Crippen molar-refractivity contribution in [3.05, 3.63) is 22.9 Å². The van der Waals surface area contributed by atoms with Crippen LogP contribution in [-0.2, 0) is 17.1 Å². The zero-order valence-electron chi connectivity index (χ0n) is 8.08. The van der Waals surface area contributed by atoms with E-state index in [1.165, 1.54) is 6.07 Å². The van der Waals surface area contributed by atoms with E-state index in [2.05, 4.69) is 4.98 Å². The van der Waals surface area contributed by atoms with Gasteiger partial charge in [0, 0.05) is 5.88 Å². The van der Waals surface area contributed by atoms with Crippen LogP contribution in [0.15, 0.2) is 6.07 Å². The average Bonchev–Trinajstić information content (AvgIpc) is 2.15. The number of hydrogen-bond acceptors (Lipinski definition) is 3. The lowest BCUT2D eigenvalue weighted by atomic mass is 10.0. The first-order valence-electron chi connectivity index (χ1n) is 4.29. The van der Waals surface area contributed by atoms with E-state index in [9.17, 15) is 13.6 Å². The van der Waals surface area contributed by atoms with Crippen LogP contribution in [0.2, 0.25) is 0 Å². The first-order chi connectivity index (χ1) is 7.45. The maximum atomic E-state index is 12.6. The highest BCUT2D eigenvalue weighted by atomic mass is 35.5. The molecule has 0 amide bonds. The second-order valence-corrected chi connectivity index (χ2v) is 3.34. The van der Waals surface area contributed by atoms with Crippen LogP contribution in [0.5, 0.6) is 0 Å². The van der Waals surface area contributed by atoms with E-state index < -0.39 is 24.5 Å². The van der Waals surface area contributed by atoms with Gasteiger partial charge in [-0.05, 0) is 17.2 Å². The summed E-state index contributed by atoms with van der Waals surface area (Å²) in [7, 11) is 0. The Balaban J connectivity index is 3.29. The smallest absolute Gasteiger partial charge is 0.307 e. The van der Waals surface area contributed by atoms with Crippen molar-refractivity contribution in [2.75, 3.05) is 5.73 Å². The van der Waals surface area contributed by atoms with Gasteiger partial charge in [0.1, 0.15) is 11.5 Å². The third kappa shape index (κ3) is 2.79. The average molecular weight is 251 g/mol. The molecule has 1 rings (SSSR count). The lowest BCUT2D eigenvalue weighted by Crippen LogP contribution is -2.09. The van der Waals surface area contributed by atoms with Gasteiger partial charge in [-0.25, -0.2) is 13.8 Å². The summed E-state index contributed by atoms with van der Waals surface area (Å²) in [6.07, 6.45) is -3.24. The lowest BCUT2D eigenvalue weighted by Gasteiger charge is -2.11. The number of nitrogen functional groups attached to an aromatic ring is 1. The Bertz CT molecular complexity index is 413. The molecular formula is C9H9ClF2N2O2. The van der Waals surface area contributed by atoms with Crippen LogP contribution < -0.4 is 5.73 Å². The second kappa shape index (κ2) is 5.07. The molecule has 3 N–H and O–H groups in total. The fraction of sp³-hybridized carbons (Fsp3) is 0.333. The number of nitrogens with zero attached hydrogens (tertiary/aromatic N) is 1. The highest BCUT2D eigenvalue weighted by molar-refractivity contribution is 6.17. The molecule has 1 aromatic rings. The molecule has 88 valence electrons. The SMILES string of the molecule is Nc1cc(CC(=O)O)c(CCl)c(C(F)F)n1. The summed E-state index contributed by atoms with van der Waals surface area (Å²) in [6, 6.07) is 1.25. The molecule has 0 aliphatic rings. The monoisotopic (exact) mass is 250 g/mol. The van der Waals surface area contributed by atoms with Crippen molar-refractivity contribution >= 4 is 23.4 Å². The van der Waals surface area contributed by atoms with Gasteiger partial charge in [-0.3, -0.25) is 4.79 Å². The van der Waals surface area contributed by atoms with Gasteiger partial charge in [0.25, 0.3) is 6.43 Å². The van der Waals surface area contributed by atoms with E-state index in [0.29, 0.717) is 0 Å². The van der Waals surface area contributed by atoms with Gasteiger partial charge in [-0.15, -0.1) is 11.6 Å². The lowest BCUT2D eigenvalue weighted by molar-refractivity contribution is -0.136. The molecule has 0 unspecified atom stereocenters. The zero-order chi connectivity index (χ0) is 12.3. The number of nitrogens with two attached hydrogens (primary N) is 1. The summed E-state index contributed by atoms with van der Waals surface area (Å²) >= 11 is 5.51. The van der Waals surface area contributed by atoms with Crippen molar-refractivity contribution in [2.24, 2.45) is 0 Å². The Kier molecular flexibility index (Phi) is 4.00. The van der Waals surface area contributed by atoms with Crippen LogP contribution >= 0.6 is 11.6 Å². The summed E-state index contributed by atoms with van der Waals surface area (Å²) in [5.41, 5.74) is 4.97. The van der Waals surface area contributed by atoms with Crippen LogP contribution in [0, 0.1) is 0 Å². The van der Waals surface area contributed by atoms with Crippen LogP contribution in [-0.4, -0.2) is 16.1 Å². The van der Waals surface area contributed by atoms with Crippen molar-refractivity contribution in [1.29, 1.82) is 0 Å². The molecule has 1 aromatic heterocycles. The number of pyridine rings is 1. The highest BCUT2D eigenvalue weighted by Crippen LogP contribution is 2.27. The van der Waals surface area contributed by atoms with Gasteiger partial charge in [0.05, 0.1) is 6.42 Å². The standard InChI is InChI=1S/C9H9ClF2N2O2/c10-3-5-4(2-7(15)16)1-6(13)14-8(5)9(11)12/h1,9H,2-3H2,(H2,13,14)(H,15,16). The number of carboxylic acid groups (broad SMARTS) is 1. The first kappa shape index (κ1) is 12.6. The largest absolute Gasteiger partial charge is 0.481 e. The summed E-state index contributed by atoms with van der Waals surface area (Å²) in [4.78, 5) is 14.0. The van der Waals surface area contributed by atoms with Crippen molar-refractivity contribution in [3.63, 3.8) is 0 Å². The topological polar surface area (TPSA) is 76.2 Å². The summed E-state index contributed by atoms with van der Waals surface area (Å²) < 4.78 is 25.2. The molecular weight excluding hydrogens is 242 g/mol. The fourth-order valence-corrected chi connectivity index (χ4v) is 1.63. The summed E-state index contributed by atoms with van der Waals surface area (Å²) in [5.74, 6) is -1.51. The summed E-state index contributed by atoms with van der Waals surface area (Å²) in [5, 5.41) is 8.62. The Morgan fingerprint density at radius 2 is 2.25 bits per heavy atom. The van der Waals surface area contributed by atoms with E-state index in [-0.39, 0.29) is 22.8 Å². The molecule has 4 nitrogen and oxygen atoms in total. The molecule has 0 atom stereocenters. The van der Waals surface area contributed by atoms with E-state index in [0.717, 1.165) is 0 Å². The Morgan fingerprint density at radius 1 is 1.62 bits per heavy atom. The Morgan fingerprint density at radius 3 is 2.69 bits per heavy atom. The van der Waals surface area contributed by atoms with E-state index in [1.54, 1.807) is 0 Å². The molecule has 0 saturated carbocycles. The number of hydrogen-bond donors (Lipinski definition) is 2. The maximum absolute atomic E-state index is 12.6. The number of carboxylic acids is 1. The van der Waals surface area contributed by atoms with Crippen molar-refractivity contribution in [1.82, 2.24) is 4.98 Å². The highest BCUT2D eigenvalue weighted by Gasteiger charge is 2.19. The van der Waals surface area contributed by atoms with Gasteiger partial charge in [-0.2, -0.15) is 0 Å². The number of rotatable bonds is 4. The fourth-order valence-electron chi connectivity index (χ4n) is 1.32. The summed E-state index contributed by atoms with van der Waals surface area (Å²) in [6.45, 7) is 0. The number of aromatic nitrogens is 1. The second-order valence-electron chi connectivity index (χ2n) is 3.07. The van der Waals surface area contributed by atoms with E-state index in [4.69, 9.17) is 22.4 Å². The predicted octanol–water partition coefficient (Wildman–Crippen LogP) is 1.97. The maximum Gasteiger partial charge on any atom is 0.307 e. The molecule has 16 heavy (non-hydrogen) atoms. The molecule has 0 aromatic carbocycles. The predicted molar refractivity (Wildman–Crippen MR) is 54.5 cm³/mol. The minimum atomic E-state index is -2.83. The Labute approximate surface area is 95.0 Å². The van der Waals surface area contributed by atoms with Gasteiger partial charge in [0.15, 0.2) is 0 Å². The van der Waals surface area contributed by atoms with E-state index in [1.807, 2.05) is 0 Å². The number of carbonyl (C=O) groups is 1.